The average molecular weight is 338 g/mol. The lowest BCUT2D eigenvalue weighted by molar-refractivity contribution is -0.169. The Bertz CT molecular complexity index is 506. The molecule has 0 aromatic heterocycles. The predicted molar refractivity (Wildman–Crippen MR) is 91.6 cm³/mol. The van der Waals surface area contributed by atoms with E-state index in [0.29, 0.717) is 18.4 Å². The Balaban J connectivity index is 1.60. The van der Waals surface area contributed by atoms with Crippen LogP contribution in [0.5, 0.6) is 0 Å². The zero-order valence-corrected chi connectivity index (χ0v) is 15.7. The summed E-state index contributed by atoms with van der Waals surface area (Å²) in [5.41, 5.74) is -0.611. The van der Waals surface area contributed by atoms with Crippen LogP contribution >= 0.6 is 0 Å². The molecule has 2 aliphatic carbocycles. The third-order valence-corrected chi connectivity index (χ3v) is 7.94. The Morgan fingerprint density at radius 2 is 1.88 bits per heavy atom. The lowest BCUT2D eigenvalue weighted by Gasteiger charge is -2.61. The van der Waals surface area contributed by atoms with Gasteiger partial charge >= 0.3 is 0 Å². The third kappa shape index (κ3) is 2.56. The van der Waals surface area contributed by atoms with E-state index in [0.717, 1.165) is 32.3 Å². The van der Waals surface area contributed by atoms with Crippen molar-refractivity contribution < 1.29 is 19.7 Å². The minimum atomic E-state index is -0.734. The van der Waals surface area contributed by atoms with Gasteiger partial charge in [0.25, 0.3) is 0 Å². The average Bonchev–Trinajstić information content (AvgIpc) is 3.30. The van der Waals surface area contributed by atoms with E-state index in [9.17, 15) is 10.2 Å². The predicted octanol–water partition coefficient (Wildman–Crippen LogP) is 2.90. The highest BCUT2D eigenvalue weighted by atomic mass is 16.6. The Labute approximate surface area is 145 Å². The van der Waals surface area contributed by atoms with Crippen molar-refractivity contribution in [3.63, 3.8) is 0 Å². The van der Waals surface area contributed by atoms with Gasteiger partial charge in [-0.05, 0) is 55.3 Å². The van der Waals surface area contributed by atoms with Gasteiger partial charge in [-0.25, -0.2) is 0 Å². The van der Waals surface area contributed by atoms with Crippen molar-refractivity contribution in [3.05, 3.63) is 0 Å². The van der Waals surface area contributed by atoms with Crippen LogP contribution in [0.4, 0.5) is 0 Å². The summed E-state index contributed by atoms with van der Waals surface area (Å²) in [4.78, 5) is 0. The molecule has 4 nitrogen and oxygen atoms in total. The van der Waals surface area contributed by atoms with Crippen LogP contribution in [-0.2, 0) is 9.47 Å². The fourth-order valence-electron chi connectivity index (χ4n) is 6.70. The van der Waals surface area contributed by atoms with Crippen LogP contribution in [0.25, 0.3) is 0 Å². The third-order valence-electron chi connectivity index (χ3n) is 7.94. The van der Waals surface area contributed by atoms with Crippen LogP contribution in [0, 0.1) is 22.7 Å². The molecule has 0 aromatic carbocycles. The molecule has 2 N–H and O–H groups in total. The summed E-state index contributed by atoms with van der Waals surface area (Å²) in [5.74, 6) is 0.740. The molecule has 2 saturated heterocycles. The minimum absolute atomic E-state index is 0.00847. The molecular formula is C20H34O4. The summed E-state index contributed by atoms with van der Waals surface area (Å²) in [7, 11) is 0. The van der Waals surface area contributed by atoms with Crippen molar-refractivity contribution in [1.82, 2.24) is 0 Å². The Morgan fingerprint density at radius 1 is 1.21 bits per heavy atom. The van der Waals surface area contributed by atoms with Crippen LogP contribution in [-0.4, -0.2) is 46.8 Å². The van der Waals surface area contributed by atoms with Gasteiger partial charge in [-0.2, -0.15) is 0 Å². The van der Waals surface area contributed by atoms with Gasteiger partial charge in [0.15, 0.2) is 0 Å². The van der Waals surface area contributed by atoms with Crippen LogP contribution in [0.3, 0.4) is 0 Å². The maximum atomic E-state index is 11.0. The molecule has 0 aromatic rings. The van der Waals surface area contributed by atoms with Crippen molar-refractivity contribution in [1.29, 1.82) is 0 Å². The van der Waals surface area contributed by atoms with Crippen molar-refractivity contribution >= 4 is 0 Å². The number of epoxide rings is 2. The van der Waals surface area contributed by atoms with Gasteiger partial charge in [-0.1, -0.05) is 27.2 Å². The first-order valence-corrected chi connectivity index (χ1v) is 9.77. The second kappa shape index (κ2) is 5.18. The Morgan fingerprint density at radius 3 is 2.46 bits per heavy atom. The zero-order chi connectivity index (χ0) is 17.4. The second-order valence-corrected chi connectivity index (χ2v) is 10.2. The molecular weight excluding hydrogens is 304 g/mol. The highest BCUT2D eigenvalue weighted by Gasteiger charge is 2.67. The highest BCUT2D eigenvalue weighted by Crippen LogP contribution is 2.66. The van der Waals surface area contributed by atoms with Gasteiger partial charge in [-0.15, -0.1) is 0 Å². The van der Waals surface area contributed by atoms with Crippen LogP contribution < -0.4 is 0 Å². The normalized spacial score (nSPS) is 51.8. The quantitative estimate of drug-likeness (QED) is 0.774. The monoisotopic (exact) mass is 338 g/mol. The van der Waals surface area contributed by atoms with Gasteiger partial charge in [0.1, 0.15) is 6.10 Å². The molecule has 24 heavy (non-hydrogen) atoms. The number of aliphatic hydroxyl groups excluding tert-OH is 1. The molecule has 0 bridgehead atoms. The van der Waals surface area contributed by atoms with E-state index in [-0.39, 0.29) is 28.6 Å². The summed E-state index contributed by atoms with van der Waals surface area (Å²) in [6, 6.07) is 0. The van der Waals surface area contributed by atoms with Gasteiger partial charge < -0.3 is 19.7 Å². The standard InChI is InChI=1S/C20H34O4/c1-17(2)7-5-8-18(3)14(6-9-19(4,22)15-11-23-15)20(12-24-20)10-13(21)16(17)18/h13-16,21-22H,5-12H2,1-4H3/t13-,14-,15-,16+,18-,19+,20-/m0/s1. The number of ether oxygens (including phenoxy) is 2. The first-order valence-electron chi connectivity index (χ1n) is 9.77. The Kier molecular flexibility index (Phi) is 3.73. The SMILES string of the molecule is CC1(C)CCC[C@]2(C)[C@@H]1[C@@H](O)C[C@]1(CO1)[C@H]2CC[C@@](C)(O)[C@@H]1CO1. The zero-order valence-electron chi connectivity index (χ0n) is 15.7. The van der Waals surface area contributed by atoms with Crippen molar-refractivity contribution in [2.75, 3.05) is 13.2 Å². The van der Waals surface area contributed by atoms with Crippen molar-refractivity contribution in [2.45, 2.75) is 89.6 Å². The molecule has 2 saturated carbocycles. The Hall–Kier alpha value is -0.160. The summed E-state index contributed by atoms with van der Waals surface area (Å²) in [6.45, 7) is 10.4. The molecule has 2 aliphatic heterocycles. The number of fused-ring (bicyclic) bond motifs is 1. The molecule has 4 fully saturated rings. The number of aliphatic hydroxyl groups is 2. The van der Waals surface area contributed by atoms with Crippen LogP contribution in [0.2, 0.25) is 0 Å². The van der Waals surface area contributed by atoms with E-state index < -0.39 is 5.60 Å². The largest absolute Gasteiger partial charge is 0.393 e. The van der Waals surface area contributed by atoms with E-state index in [1.54, 1.807) is 0 Å². The smallest absolute Gasteiger partial charge is 0.109 e. The van der Waals surface area contributed by atoms with E-state index in [1.165, 1.54) is 12.8 Å². The molecule has 7 atom stereocenters. The summed E-state index contributed by atoms with van der Waals surface area (Å²) >= 11 is 0. The fourth-order valence-corrected chi connectivity index (χ4v) is 6.70. The molecule has 0 unspecified atom stereocenters. The van der Waals surface area contributed by atoms with Gasteiger partial charge in [0, 0.05) is 6.42 Å². The van der Waals surface area contributed by atoms with E-state index in [2.05, 4.69) is 20.8 Å². The minimum Gasteiger partial charge on any atom is -0.393 e. The molecule has 4 heteroatoms. The summed E-state index contributed by atoms with van der Waals surface area (Å²) in [6.07, 6.45) is 5.80. The molecule has 0 amide bonds. The van der Waals surface area contributed by atoms with E-state index in [4.69, 9.17) is 9.47 Å². The first-order chi connectivity index (χ1) is 11.1. The lowest BCUT2D eigenvalue weighted by Crippen LogP contribution is -2.60. The molecule has 4 aliphatic rings. The van der Waals surface area contributed by atoms with Crippen molar-refractivity contribution in [2.24, 2.45) is 22.7 Å². The maximum absolute atomic E-state index is 11.0. The fraction of sp³-hybridized carbons (Fsp3) is 1.00. The summed E-state index contributed by atoms with van der Waals surface area (Å²) in [5, 5.41) is 21.7. The number of hydrogen-bond acceptors (Lipinski definition) is 4. The topological polar surface area (TPSA) is 65.5 Å². The maximum Gasteiger partial charge on any atom is 0.109 e. The second-order valence-electron chi connectivity index (χ2n) is 10.2. The molecule has 0 radical (unpaired) electrons. The first kappa shape index (κ1) is 17.3. The molecule has 138 valence electrons. The molecule has 4 rings (SSSR count). The van der Waals surface area contributed by atoms with E-state index in [1.807, 2.05) is 6.92 Å². The number of rotatable bonds is 4. The lowest BCUT2D eigenvalue weighted by atomic mass is 9.45. The van der Waals surface area contributed by atoms with Crippen LogP contribution in [0.15, 0.2) is 0 Å². The van der Waals surface area contributed by atoms with Crippen LogP contribution in [0.1, 0.15) is 66.2 Å². The molecule has 2 heterocycles. The van der Waals surface area contributed by atoms with Gasteiger partial charge in [-0.3, -0.25) is 0 Å². The number of hydrogen-bond donors (Lipinski definition) is 2. The highest BCUT2D eigenvalue weighted by molar-refractivity contribution is 5.16. The molecule has 1 spiro atoms. The van der Waals surface area contributed by atoms with E-state index >= 15 is 0 Å². The van der Waals surface area contributed by atoms with Gasteiger partial charge in [0.05, 0.1) is 30.5 Å². The van der Waals surface area contributed by atoms with Gasteiger partial charge in [0.2, 0.25) is 0 Å². The van der Waals surface area contributed by atoms with Crippen molar-refractivity contribution in [3.8, 4) is 0 Å². The summed E-state index contributed by atoms with van der Waals surface area (Å²) < 4.78 is 11.3.